The van der Waals surface area contributed by atoms with Gasteiger partial charge in [0.15, 0.2) is 0 Å². The molecule has 1 aromatic rings. The van der Waals surface area contributed by atoms with E-state index in [-0.39, 0.29) is 29.2 Å². The predicted molar refractivity (Wildman–Crippen MR) is 113 cm³/mol. The summed E-state index contributed by atoms with van der Waals surface area (Å²) in [5, 5.41) is 0. The maximum atomic E-state index is 13.2. The number of aromatic nitrogens is 1. The first kappa shape index (κ1) is 19.1. The molecule has 6 heteroatoms. The summed E-state index contributed by atoms with van der Waals surface area (Å²) in [6.45, 7) is 9.25. The van der Waals surface area contributed by atoms with Crippen molar-refractivity contribution in [3.63, 3.8) is 0 Å². The van der Waals surface area contributed by atoms with Crippen molar-refractivity contribution >= 4 is 11.8 Å². The van der Waals surface area contributed by atoms with Crippen LogP contribution in [-0.2, 0) is 14.3 Å². The number of ether oxygens (including phenoxy) is 2. The van der Waals surface area contributed by atoms with E-state index < -0.39 is 0 Å². The van der Waals surface area contributed by atoms with E-state index >= 15 is 0 Å². The van der Waals surface area contributed by atoms with E-state index in [4.69, 9.17) is 9.47 Å². The molecule has 2 saturated carbocycles. The highest BCUT2D eigenvalue weighted by molar-refractivity contribution is 5.77. The van der Waals surface area contributed by atoms with Crippen molar-refractivity contribution in [1.29, 1.82) is 0 Å². The van der Waals surface area contributed by atoms with E-state index in [1.54, 1.807) is 0 Å². The third kappa shape index (κ3) is 2.69. The van der Waals surface area contributed by atoms with E-state index in [1.165, 1.54) is 6.42 Å². The van der Waals surface area contributed by atoms with Crippen LogP contribution in [-0.4, -0.2) is 65.9 Å². The molecule has 7 atom stereocenters. The lowest BCUT2D eigenvalue weighted by molar-refractivity contribution is -0.168. The van der Waals surface area contributed by atoms with Gasteiger partial charge in [-0.1, -0.05) is 13.0 Å². The molecule has 0 radical (unpaired) electrons. The van der Waals surface area contributed by atoms with Crippen LogP contribution in [0.2, 0.25) is 0 Å². The molecular weight excluding hydrogens is 378 g/mol. The first-order valence-corrected chi connectivity index (χ1v) is 11.8. The molecule has 4 heterocycles. The molecule has 5 aliphatic rings. The zero-order valence-corrected chi connectivity index (χ0v) is 18.1. The molecule has 5 fully saturated rings. The summed E-state index contributed by atoms with van der Waals surface area (Å²) in [5.74, 6) is 2.47. The number of hydrogen-bond donors (Lipinski definition) is 0. The Hall–Kier alpha value is -1.66. The number of rotatable bonds is 3. The molecule has 3 aliphatic heterocycles. The molecule has 0 amide bonds. The number of hydrogen-bond acceptors (Lipinski definition) is 6. The molecule has 6 rings (SSSR count). The van der Waals surface area contributed by atoms with Crippen LogP contribution in [0.3, 0.4) is 0 Å². The average Bonchev–Trinajstić information content (AvgIpc) is 3.39. The summed E-state index contributed by atoms with van der Waals surface area (Å²) in [4.78, 5) is 22.5. The fraction of sp³-hybridized carbons (Fsp3) is 0.750. The Balaban J connectivity index is 1.18. The molecule has 0 unspecified atom stereocenters. The van der Waals surface area contributed by atoms with Crippen molar-refractivity contribution < 1.29 is 14.3 Å². The molecular formula is C24H33N3O3. The monoisotopic (exact) mass is 411 g/mol. The highest BCUT2D eigenvalue weighted by Gasteiger charge is 2.77. The van der Waals surface area contributed by atoms with Crippen molar-refractivity contribution in [3.05, 3.63) is 24.4 Å². The lowest BCUT2D eigenvalue weighted by atomic mass is 9.55. The Morgan fingerprint density at radius 2 is 1.97 bits per heavy atom. The number of epoxide rings is 1. The van der Waals surface area contributed by atoms with Gasteiger partial charge in [-0.05, 0) is 50.7 Å². The van der Waals surface area contributed by atoms with Crippen molar-refractivity contribution in [2.45, 2.75) is 56.8 Å². The SMILES string of the molecule is C[C@@H]1CC[C@H]2[C@@H](CN3CCN(c4ccccn4)CC3)C(=O)O[C@]23[C@H]1CC[C@@]1(C)O[C@@H]31. The van der Waals surface area contributed by atoms with Gasteiger partial charge in [-0.3, -0.25) is 9.69 Å². The minimum atomic E-state index is -0.359. The third-order valence-electron chi connectivity index (χ3n) is 8.89. The predicted octanol–water partition coefficient (Wildman–Crippen LogP) is 2.73. The van der Waals surface area contributed by atoms with Gasteiger partial charge < -0.3 is 14.4 Å². The second-order valence-corrected chi connectivity index (χ2v) is 10.5. The standard InChI is InChI=1S/C24H33N3O3/c1-16-6-7-19-17(15-26-11-13-27(14-12-26)20-5-3-4-10-25-20)21(28)29-24(19)18(16)8-9-23(2)22(24)30-23/h3-5,10,16-19,22H,6-9,11-15H2,1-2H3/t16-,17-,18+,19+,22-,23-,24-/m1/s1. The van der Waals surface area contributed by atoms with E-state index in [2.05, 4.69) is 34.7 Å². The van der Waals surface area contributed by atoms with Gasteiger partial charge in [-0.2, -0.15) is 0 Å². The van der Waals surface area contributed by atoms with Gasteiger partial charge in [0.2, 0.25) is 0 Å². The van der Waals surface area contributed by atoms with E-state index in [0.29, 0.717) is 17.8 Å². The van der Waals surface area contributed by atoms with Gasteiger partial charge in [0.25, 0.3) is 0 Å². The highest BCUT2D eigenvalue weighted by atomic mass is 16.7. The Bertz CT molecular complexity index is 826. The lowest BCUT2D eigenvalue weighted by Crippen LogP contribution is -2.58. The molecule has 6 nitrogen and oxygen atoms in total. The molecule has 0 N–H and O–H groups in total. The van der Waals surface area contributed by atoms with Crippen LogP contribution < -0.4 is 4.90 Å². The average molecular weight is 412 g/mol. The van der Waals surface area contributed by atoms with Crippen LogP contribution >= 0.6 is 0 Å². The van der Waals surface area contributed by atoms with Crippen LogP contribution in [0.4, 0.5) is 5.82 Å². The smallest absolute Gasteiger partial charge is 0.311 e. The van der Waals surface area contributed by atoms with Crippen molar-refractivity contribution in [3.8, 4) is 0 Å². The van der Waals surface area contributed by atoms with Crippen LogP contribution in [0, 0.1) is 23.7 Å². The second-order valence-electron chi connectivity index (χ2n) is 10.5. The largest absolute Gasteiger partial charge is 0.455 e. The maximum absolute atomic E-state index is 13.2. The summed E-state index contributed by atoms with van der Waals surface area (Å²) in [7, 11) is 0. The van der Waals surface area contributed by atoms with Gasteiger partial charge >= 0.3 is 5.97 Å². The molecule has 0 bridgehead atoms. The fourth-order valence-corrected chi connectivity index (χ4v) is 7.24. The molecule has 2 aliphatic carbocycles. The number of nitrogens with zero attached hydrogens (tertiary/aromatic N) is 3. The van der Waals surface area contributed by atoms with Gasteiger partial charge in [0, 0.05) is 50.8 Å². The number of carbonyl (C=O) groups excluding carboxylic acids is 1. The van der Waals surface area contributed by atoms with Crippen LogP contribution in [0.25, 0.3) is 0 Å². The topological polar surface area (TPSA) is 58.2 Å². The normalized spacial score (nSPS) is 45.3. The van der Waals surface area contributed by atoms with Gasteiger partial charge in [-0.25, -0.2) is 4.98 Å². The van der Waals surface area contributed by atoms with Gasteiger partial charge in [0.1, 0.15) is 17.5 Å². The van der Waals surface area contributed by atoms with E-state index in [1.807, 2.05) is 18.3 Å². The number of pyridine rings is 1. The van der Waals surface area contributed by atoms with E-state index in [0.717, 1.165) is 57.8 Å². The number of carbonyl (C=O) groups is 1. The maximum Gasteiger partial charge on any atom is 0.311 e. The van der Waals surface area contributed by atoms with Crippen molar-refractivity contribution in [1.82, 2.24) is 9.88 Å². The Kier molecular flexibility index (Phi) is 4.24. The summed E-state index contributed by atoms with van der Waals surface area (Å²) >= 11 is 0. The molecule has 1 spiro atoms. The minimum absolute atomic E-state index is 0.00653. The fourth-order valence-electron chi connectivity index (χ4n) is 7.24. The van der Waals surface area contributed by atoms with Crippen molar-refractivity contribution in [2.24, 2.45) is 23.7 Å². The highest BCUT2D eigenvalue weighted by Crippen LogP contribution is 2.66. The number of piperazine rings is 1. The Morgan fingerprint density at radius 1 is 1.13 bits per heavy atom. The zero-order valence-electron chi connectivity index (χ0n) is 18.1. The van der Waals surface area contributed by atoms with Crippen LogP contribution in [0.1, 0.15) is 39.5 Å². The number of fused-ring (bicyclic) bond motifs is 1. The second kappa shape index (κ2) is 6.67. The lowest BCUT2D eigenvalue weighted by Gasteiger charge is -2.50. The number of esters is 1. The first-order chi connectivity index (χ1) is 14.5. The zero-order chi connectivity index (χ0) is 20.5. The summed E-state index contributed by atoms with van der Waals surface area (Å²) in [6.07, 6.45) is 6.52. The van der Waals surface area contributed by atoms with Gasteiger partial charge in [0.05, 0.1) is 11.5 Å². The Labute approximate surface area is 178 Å². The minimum Gasteiger partial charge on any atom is -0.455 e. The van der Waals surface area contributed by atoms with Crippen LogP contribution in [0.5, 0.6) is 0 Å². The molecule has 162 valence electrons. The van der Waals surface area contributed by atoms with Crippen LogP contribution in [0.15, 0.2) is 24.4 Å². The number of anilines is 1. The molecule has 1 aromatic heterocycles. The quantitative estimate of drug-likeness (QED) is 0.563. The van der Waals surface area contributed by atoms with Crippen molar-refractivity contribution in [2.75, 3.05) is 37.6 Å². The summed E-state index contributed by atoms with van der Waals surface area (Å²) < 4.78 is 12.6. The Morgan fingerprint density at radius 3 is 2.73 bits per heavy atom. The van der Waals surface area contributed by atoms with E-state index in [9.17, 15) is 4.79 Å². The molecule has 30 heavy (non-hydrogen) atoms. The summed E-state index contributed by atoms with van der Waals surface area (Å²) in [6, 6.07) is 6.08. The third-order valence-corrected chi connectivity index (χ3v) is 8.89. The molecule has 3 saturated heterocycles. The van der Waals surface area contributed by atoms with Gasteiger partial charge in [-0.15, -0.1) is 0 Å². The first-order valence-electron chi connectivity index (χ1n) is 11.8. The summed E-state index contributed by atoms with van der Waals surface area (Å²) in [5.41, 5.74) is -0.419. The molecule has 0 aromatic carbocycles.